The van der Waals surface area contributed by atoms with E-state index >= 15 is 0 Å². The van der Waals surface area contributed by atoms with Gasteiger partial charge in [0.1, 0.15) is 5.67 Å². The number of nitrogens with two attached hydrogens (primary N) is 1. The summed E-state index contributed by atoms with van der Waals surface area (Å²) in [5.74, 6) is 0. The lowest BCUT2D eigenvalue weighted by Gasteiger charge is -2.31. The molecule has 2 N–H and O–H groups in total. The van der Waals surface area contributed by atoms with Crippen LogP contribution in [-0.2, 0) is 12.1 Å². The Labute approximate surface area is 88.1 Å². The Morgan fingerprint density at radius 2 is 2.29 bits per heavy atom. The lowest BCUT2D eigenvalue weighted by Crippen LogP contribution is -2.34. The van der Waals surface area contributed by atoms with Crippen molar-refractivity contribution in [1.82, 2.24) is 0 Å². The number of rotatable bonds is 1. The van der Waals surface area contributed by atoms with Gasteiger partial charge < -0.3 is 5.73 Å². The van der Waals surface area contributed by atoms with E-state index < -0.39 is 5.67 Å². The second kappa shape index (κ2) is 3.52. The van der Waals surface area contributed by atoms with Crippen molar-refractivity contribution in [3.63, 3.8) is 0 Å². The van der Waals surface area contributed by atoms with Gasteiger partial charge in [-0.25, -0.2) is 4.39 Å². The zero-order valence-electron chi connectivity index (χ0n) is 7.89. The summed E-state index contributed by atoms with van der Waals surface area (Å²) in [5, 5.41) is 0.584. The highest BCUT2D eigenvalue weighted by Gasteiger charge is 2.35. The molecule has 1 aromatic rings. The van der Waals surface area contributed by atoms with E-state index in [4.69, 9.17) is 17.3 Å². The standard InChI is InChI=1S/C11H13ClFN/c12-9-4-3-8-2-1-5-11(13,7-14)10(8)6-9/h3-4,6H,1-2,5,7,14H2. The van der Waals surface area contributed by atoms with E-state index in [2.05, 4.69) is 0 Å². The molecule has 0 aliphatic heterocycles. The third kappa shape index (κ3) is 1.53. The molecule has 0 radical (unpaired) electrons. The first-order valence-corrected chi connectivity index (χ1v) is 5.21. The number of benzene rings is 1. The average Bonchev–Trinajstić information content (AvgIpc) is 2.20. The van der Waals surface area contributed by atoms with E-state index in [1.165, 1.54) is 0 Å². The molecular formula is C11H13ClFN. The first-order chi connectivity index (χ1) is 6.65. The summed E-state index contributed by atoms with van der Waals surface area (Å²) >= 11 is 5.85. The van der Waals surface area contributed by atoms with Crippen molar-refractivity contribution in [1.29, 1.82) is 0 Å². The summed E-state index contributed by atoms with van der Waals surface area (Å²) in [7, 11) is 0. The highest BCUT2D eigenvalue weighted by atomic mass is 35.5. The summed E-state index contributed by atoms with van der Waals surface area (Å²) in [6, 6.07) is 5.42. The van der Waals surface area contributed by atoms with E-state index in [1.807, 2.05) is 12.1 Å². The molecule has 0 bridgehead atoms. The molecule has 0 saturated carbocycles. The molecule has 76 valence electrons. The van der Waals surface area contributed by atoms with Crippen LogP contribution in [-0.4, -0.2) is 6.54 Å². The molecule has 0 spiro atoms. The van der Waals surface area contributed by atoms with Gasteiger partial charge in [0.05, 0.1) is 0 Å². The van der Waals surface area contributed by atoms with Gasteiger partial charge in [0.25, 0.3) is 0 Å². The predicted molar refractivity (Wildman–Crippen MR) is 56.2 cm³/mol. The van der Waals surface area contributed by atoms with Crippen LogP contribution in [0.25, 0.3) is 0 Å². The first kappa shape index (κ1) is 9.94. The molecule has 1 aliphatic carbocycles. The number of fused-ring (bicyclic) bond motifs is 1. The Morgan fingerprint density at radius 1 is 1.50 bits per heavy atom. The largest absolute Gasteiger partial charge is 0.327 e. The molecule has 0 amide bonds. The lowest BCUT2D eigenvalue weighted by atomic mass is 9.80. The maximum atomic E-state index is 14.3. The van der Waals surface area contributed by atoms with Gasteiger partial charge in [-0.15, -0.1) is 0 Å². The number of hydrogen-bond acceptors (Lipinski definition) is 1. The first-order valence-electron chi connectivity index (χ1n) is 4.83. The van der Waals surface area contributed by atoms with E-state index in [0.717, 1.165) is 18.4 Å². The molecule has 1 unspecified atom stereocenters. The van der Waals surface area contributed by atoms with E-state index in [1.54, 1.807) is 6.07 Å². The van der Waals surface area contributed by atoms with Crippen molar-refractivity contribution in [2.24, 2.45) is 5.73 Å². The van der Waals surface area contributed by atoms with Crippen LogP contribution in [0.4, 0.5) is 4.39 Å². The topological polar surface area (TPSA) is 26.0 Å². The summed E-state index contributed by atoms with van der Waals surface area (Å²) < 4.78 is 14.3. The van der Waals surface area contributed by atoms with Gasteiger partial charge in [-0.3, -0.25) is 0 Å². The lowest BCUT2D eigenvalue weighted by molar-refractivity contribution is 0.147. The van der Waals surface area contributed by atoms with Gasteiger partial charge in [-0.1, -0.05) is 17.7 Å². The highest BCUT2D eigenvalue weighted by molar-refractivity contribution is 6.30. The molecule has 14 heavy (non-hydrogen) atoms. The fourth-order valence-corrected chi connectivity index (χ4v) is 2.26. The Bertz CT molecular complexity index is 353. The third-order valence-electron chi connectivity index (χ3n) is 2.90. The minimum atomic E-state index is -1.36. The molecule has 0 aromatic heterocycles. The molecular weight excluding hydrogens is 201 g/mol. The number of halogens is 2. The minimum Gasteiger partial charge on any atom is -0.327 e. The predicted octanol–water partition coefficient (Wildman–Crippen LogP) is 2.80. The fourth-order valence-electron chi connectivity index (χ4n) is 2.09. The Morgan fingerprint density at radius 3 is 3.00 bits per heavy atom. The summed E-state index contributed by atoms with van der Waals surface area (Å²) in [5.41, 5.74) is 5.86. The number of hydrogen-bond donors (Lipinski definition) is 1. The summed E-state index contributed by atoms with van der Waals surface area (Å²) in [6.45, 7) is 0.0420. The molecule has 1 aliphatic rings. The molecule has 0 fully saturated rings. The third-order valence-corrected chi connectivity index (χ3v) is 3.13. The molecule has 1 nitrogen and oxygen atoms in total. The van der Waals surface area contributed by atoms with Crippen LogP contribution in [0, 0.1) is 0 Å². The molecule has 0 heterocycles. The molecule has 0 saturated heterocycles. The Kier molecular flexibility index (Phi) is 2.50. The van der Waals surface area contributed by atoms with Gasteiger partial charge in [0.15, 0.2) is 0 Å². The quantitative estimate of drug-likeness (QED) is 0.763. The second-order valence-electron chi connectivity index (χ2n) is 3.82. The monoisotopic (exact) mass is 213 g/mol. The van der Waals surface area contributed by atoms with Crippen LogP contribution in [0.2, 0.25) is 5.02 Å². The van der Waals surface area contributed by atoms with Gasteiger partial charge in [0, 0.05) is 11.6 Å². The van der Waals surface area contributed by atoms with E-state index in [0.29, 0.717) is 17.0 Å². The minimum absolute atomic E-state index is 0.0420. The molecule has 2 rings (SSSR count). The van der Waals surface area contributed by atoms with Gasteiger partial charge in [-0.05, 0) is 42.5 Å². The normalized spacial score (nSPS) is 25.9. The smallest absolute Gasteiger partial charge is 0.148 e. The second-order valence-corrected chi connectivity index (χ2v) is 4.26. The van der Waals surface area contributed by atoms with E-state index in [9.17, 15) is 4.39 Å². The van der Waals surface area contributed by atoms with Crippen molar-refractivity contribution in [3.05, 3.63) is 34.3 Å². The van der Waals surface area contributed by atoms with Crippen molar-refractivity contribution >= 4 is 11.6 Å². The van der Waals surface area contributed by atoms with Crippen molar-refractivity contribution in [2.45, 2.75) is 24.9 Å². The summed E-state index contributed by atoms with van der Waals surface area (Å²) in [6.07, 6.45) is 2.30. The van der Waals surface area contributed by atoms with E-state index in [-0.39, 0.29) is 6.54 Å². The molecule has 1 atom stereocenters. The van der Waals surface area contributed by atoms with Crippen LogP contribution >= 0.6 is 11.6 Å². The van der Waals surface area contributed by atoms with Gasteiger partial charge in [0.2, 0.25) is 0 Å². The number of alkyl halides is 1. The summed E-state index contributed by atoms with van der Waals surface area (Å²) in [4.78, 5) is 0. The Balaban J connectivity index is 2.52. The van der Waals surface area contributed by atoms with Crippen molar-refractivity contribution < 1.29 is 4.39 Å². The van der Waals surface area contributed by atoms with Crippen LogP contribution in [0.15, 0.2) is 18.2 Å². The van der Waals surface area contributed by atoms with Gasteiger partial charge >= 0.3 is 0 Å². The van der Waals surface area contributed by atoms with Crippen LogP contribution < -0.4 is 5.73 Å². The highest BCUT2D eigenvalue weighted by Crippen LogP contribution is 2.38. The van der Waals surface area contributed by atoms with Crippen LogP contribution in [0.1, 0.15) is 24.0 Å². The zero-order valence-corrected chi connectivity index (χ0v) is 8.65. The SMILES string of the molecule is NCC1(F)CCCc2ccc(Cl)cc21. The molecule has 3 heteroatoms. The number of aryl methyl sites for hydroxylation is 1. The van der Waals surface area contributed by atoms with Crippen LogP contribution in [0.3, 0.4) is 0 Å². The maximum Gasteiger partial charge on any atom is 0.148 e. The van der Waals surface area contributed by atoms with Crippen LogP contribution in [0.5, 0.6) is 0 Å². The maximum absolute atomic E-state index is 14.3. The average molecular weight is 214 g/mol. The zero-order chi connectivity index (χ0) is 10.2. The Hall–Kier alpha value is -0.600. The van der Waals surface area contributed by atoms with Crippen molar-refractivity contribution in [2.75, 3.05) is 6.54 Å². The molecule has 1 aromatic carbocycles. The van der Waals surface area contributed by atoms with Gasteiger partial charge in [-0.2, -0.15) is 0 Å². The van der Waals surface area contributed by atoms with Crippen molar-refractivity contribution in [3.8, 4) is 0 Å². The fraction of sp³-hybridized carbons (Fsp3) is 0.455.